The van der Waals surface area contributed by atoms with Crippen molar-refractivity contribution < 1.29 is 14.3 Å². The number of aromatic nitrogens is 4. The molecule has 2 aromatic heterocycles. The van der Waals surface area contributed by atoms with E-state index in [2.05, 4.69) is 32.2 Å². The summed E-state index contributed by atoms with van der Waals surface area (Å²) in [6.07, 6.45) is 11.7. The van der Waals surface area contributed by atoms with E-state index in [4.69, 9.17) is 15.2 Å². The summed E-state index contributed by atoms with van der Waals surface area (Å²) >= 11 is 0. The molecule has 29 heavy (non-hydrogen) atoms. The molecule has 0 bridgehead atoms. The highest BCUT2D eigenvalue weighted by Crippen LogP contribution is 2.26. The van der Waals surface area contributed by atoms with Crippen molar-refractivity contribution in [2.45, 2.75) is 63.6 Å². The van der Waals surface area contributed by atoms with E-state index in [1.807, 2.05) is 6.20 Å². The van der Waals surface area contributed by atoms with E-state index in [1.54, 1.807) is 18.6 Å². The van der Waals surface area contributed by atoms with Gasteiger partial charge in [0.05, 0.1) is 36.9 Å². The molecule has 0 radical (unpaired) electrons. The Kier molecular flexibility index (Phi) is 7.29. The van der Waals surface area contributed by atoms with E-state index in [-0.39, 0.29) is 12.1 Å². The summed E-state index contributed by atoms with van der Waals surface area (Å²) in [4.78, 5) is 28.3. The fourth-order valence-corrected chi connectivity index (χ4v) is 3.62. The summed E-state index contributed by atoms with van der Waals surface area (Å²) in [5.74, 6) is 0. The molecule has 1 atom stereocenters. The van der Waals surface area contributed by atoms with E-state index in [0.717, 1.165) is 55.5 Å². The number of nitrogens with one attached hydrogen (secondary N) is 1. The van der Waals surface area contributed by atoms with Crippen LogP contribution in [0.5, 0.6) is 6.01 Å². The van der Waals surface area contributed by atoms with Crippen molar-refractivity contribution in [1.82, 2.24) is 25.3 Å². The molecule has 2 aromatic rings. The summed E-state index contributed by atoms with van der Waals surface area (Å²) in [6, 6.07) is 0.810. The van der Waals surface area contributed by atoms with Crippen LogP contribution >= 0.6 is 0 Å². The van der Waals surface area contributed by atoms with Crippen LogP contribution in [0.2, 0.25) is 0 Å². The second-order valence-corrected chi connectivity index (χ2v) is 7.20. The van der Waals surface area contributed by atoms with Crippen molar-refractivity contribution in [1.29, 1.82) is 0 Å². The first kappa shape index (κ1) is 20.9. The summed E-state index contributed by atoms with van der Waals surface area (Å²) in [5, 5.41) is 3.71. The van der Waals surface area contributed by atoms with Gasteiger partial charge in [0.15, 0.2) is 0 Å². The van der Waals surface area contributed by atoms with Crippen molar-refractivity contribution >= 4 is 6.09 Å². The van der Waals surface area contributed by atoms with Gasteiger partial charge in [0, 0.05) is 24.0 Å². The highest BCUT2D eigenvalue weighted by Gasteiger charge is 2.25. The van der Waals surface area contributed by atoms with E-state index in [1.165, 1.54) is 7.11 Å². The minimum atomic E-state index is -0.692. The van der Waals surface area contributed by atoms with Crippen molar-refractivity contribution in [3.63, 3.8) is 0 Å². The van der Waals surface area contributed by atoms with Gasteiger partial charge in [-0.05, 0) is 32.1 Å². The Morgan fingerprint density at radius 2 is 1.86 bits per heavy atom. The first-order valence-electron chi connectivity index (χ1n) is 9.99. The molecular formula is C20H28N6O3. The van der Waals surface area contributed by atoms with Gasteiger partial charge in [-0.25, -0.2) is 14.8 Å². The third kappa shape index (κ3) is 5.83. The number of carbonyl (C=O) groups is 1. The predicted octanol–water partition coefficient (Wildman–Crippen LogP) is 2.78. The Morgan fingerprint density at radius 1 is 1.14 bits per heavy atom. The number of carbonyl (C=O) groups excluding carboxylic acids is 1. The molecule has 0 spiro atoms. The van der Waals surface area contributed by atoms with Gasteiger partial charge in [0.25, 0.3) is 0 Å². The standard InChI is InChI=1S/C20H28N6O3/c1-3-4-16(26-14-5-7-15(8-6-14)29-19(21)27)18-12-22-17(11-23-18)13-9-24-20(28-2)25-10-13/h9-12,14-16,26H,3-8H2,1-2H3,(H2,21,27)/t14-,15-,16?. The lowest BCUT2D eigenvalue weighted by Crippen LogP contribution is -2.38. The smallest absolute Gasteiger partial charge is 0.404 e. The Balaban J connectivity index is 1.62. The molecule has 1 fully saturated rings. The average molecular weight is 400 g/mol. The maximum Gasteiger partial charge on any atom is 0.404 e. The maximum absolute atomic E-state index is 10.9. The molecule has 3 rings (SSSR count). The summed E-state index contributed by atoms with van der Waals surface area (Å²) < 4.78 is 10.1. The lowest BCUT2D eigenvalue weighted by Gasteiger charge is -2.31. The zero-order valence-electron chi connectivity index (χ0n) is 16.9. The molecule has 1 amide bonds. The minimum Gasteiger partial charge on any atom is -0.467 e. The fraction of sp³-hybridized carbons (Fsp3) is 0.550. The number of nitrogens with zero attached hydrogens (tertiary/aromatic N) is 4. The number of nitrogens with two attached hydrogens (primary N) is 1. The summed E-state index contributed by atoms with van der Waals surface area (Å²) in [6.45, 7) is 2.16. The van der Waals surface area contributed by atoms with Crippen LogP contribution in [0.25, 0.3) is 11.3 Å². The first-order valence-corrected chi connectivity index (χ1v) is 9.99. The molecular weight excluding hydrogens is 372 g/mol. The fourth-order valence-electron chi connectivity index (χ4n) is 3.62. The molecule has 9 nitrogen and oxygen atoms in total. The number of primary amides is 1. The third-order valence-electron chi connectivity index (χ3n) is 5.11. The summed E-state index contributed by atoms with van der Waals surface area (Å²) in [7, 11) is 1.53. The van der Waals surface area contributed by atoms with E-state index in [9.17, 15) is 4.79 Å². The zero-order valence-corrected chi connectivity index (χ0v) is 16.9. The Labute approximate surface area is 170 Å². The van der Waals surface area contributed by atoms with Gasteiger partial charge in [-0.2, -0.15) is 0 Å². The molecule has 9 heteroatoms. The van der Waals surface area contributed by atoms with Crippen LogP contribution in [0, 0.1) is 0 Å². The molecule has 0 aromatic carbocycles. The van der Waals surface area contributed by atoms with Gasteiger partial charge in [-0.3, -0.25) is 9.97 Å². The SMILES string of the molecule is CCCC(N[C@H]1CC[C@H](OC(N)=O)CC1)c1cnc(-c2cnc(OC)nc2)cn1. The lowest BCUT2D eigenvalue weighted by molar-refractivity contribution is 0.0743. The van der Waals surface area contributed by atoms with Crippen LogP contribution in [-0.2, 0) is 4.74 Å². The molecule has 1 aliphatic rings. The van der Waals surface area contributed by atoms with Crippen LogP contribution in [0.1, 0.15) is 57.2 Å². The molecule has 1 aliphatic carbocycles. The van der Waals surface area contributed by atoms with Gasteiger partial charge in [0.1, 0.15) is 6.10 Å². The quantitative estimate of drug-likeness (QED) is 0.693. The van der Waals surface area contributed by atoms with Gasteiger partial charge in [0.2, 0.25) is 0 Å². The Bertz CT molecular complexity index is 776. The molecule has 0 aliphatic heterocycles. The second kappa shape index (κ2) is 10.1. The number of rotatable bonds is 8. The monoisotopic (exact) mass is 400 g/mol. The number of amides is 1. The highest BCUT2D eigenvalue weighted by atomic mass is 16.6. The van der Waals surface area contributed by atoms with Gasteiger partial charge < -0.3 is 20.5 Å². The normalized spacial score (nSPS) is 20.1. The van der Waals surface area contributed by atoms with Crippen molar-refractivity contribution in [2.24, 2.45) is 5.73 Å². The first-order chi connectivity index (χ1) is 14.1. The maximum atomic E-state index is 10.9. The molecule has 1 saturated carbocycles. The largest absolute Gasteiger partial charge is 0.467 e. The van der Waals surface area contributed by atoms with Gasteiger partial charge in [-0.1, -0.05) is 13.3 Å². The van der Waals surface area contributed by atoms with E-state index < -0.39 is 6.09 Å². The van der Waals surface area contributed by atoms with Crippen LogP contribution < -0.4 is 15.8 Å². The van der Waals surface area contributed by atoms with Crippen LogP contribution in [0.15, 0.2) is 24.8 Å². The number of methoxy groups -OCH3 is 1. The summed E-state index contributed by atoms with van der Waals surface area (Å²) in [5.41, 5.74) is 7.54. The molecule has 1 unspecified atom stereocenters. The molecule has 156 valence electrons. The molecule has 2 heterocycles. The topological polar surface area (TPSA) is 125 Å². The lowest BCUT2D eigenvalue weighted by atomic mass is 9.91. The predicted molar refractivity (Wildman–Crippen MR) is 107 cm³/mol. The average Bonchev–Trinajstić information content (AvgIpc) is 2.74. The van der Waals surface area contributed by atoms with Gasteiger partial charge >= 0.3 is 12.1 Å². The van der Waals surface area contributed by atoms with Crippen LogP contribution in [-0.4, -0.2) is 45.3 Å². The van der Waals surface area contributed by atoms with Crippen LogP contribution in [0.3, 0.4) is 0 Å². The van der Waals surface area contributed by atoms with Crippen LogP contribution in [0.4, 0.5) is 4.79 Å². The highest BCUT2D eigenvalue weighted by molar-refractivity contribution is 5.64. The Hall–Kier alpha value is -2.81. The van der Waals surface area contributed by atoms with Gasteiger partial charge in [-0.15, -0.1) is 0 Å². The minimum absolute atomic E-state index is 0.0686. The zero-order chi connectivity index (χ0) is 20.6. The second-order valence-electron chi connectivity index (χ2n) is 7.20. The van der Waals surface area contributed by atoms with Crippen molar-refractivity contribution in [3.8, 4) is 17.3 Å². The van der Waals surface area contributed by atoms with Crippen molar-refractivity contribution in [2.75, 3.05) is 7.11 Å². The molecule has 0 saturated heterocycles. The Morgan fingerprint density at radius 3 is 2.41 bits per heavy atom. The van der Waals surface area contributed by atoms with Crippen molar-refractivity contribution in [3.05, 3.63) is 30.5 Å². The number of hydrogen-bond donors (Lipinski definition) is 2. The number of ether oxygens (including phenoxy) is 2. The number of hydrogen-bond acceptors (Lipinski definition) is 8. The third-order valence-corrected chi connectivity index (χ3v) is 5.11. The van der Waals surface area contributed by atoms with E-state index in [0.29, 0.717) is 12.1 Å². The molecule has 3 N–H and O–H groups in total. The van der Waals surface area contributed by atoms with E-state index >= 15 is 0 Å².